The SMILES string of the molecule is C/N=C(/N)S[C@@H]1C(c2cc(NC(=O)c3ccc(Cl)cn3)cc(F)c2F)C1(F)F. The second-order valence-electron chi connectivity index (χ2n) is 5.93. The summed E-state index contributed by atoms with van der Waals surface area (Å²) in [7, 11) is 1.33. The smallest absolute Gasteiger partial charge is 0.274 e. The van der Waals surface area contributed by atoms with Crippen molar-refractivity contribution in [1.29, 1.82) is 0 Å². The summed E-state index contributed by atoms with van der Waals surface area (Å²) in [5.74, 6) is -8.39. The molecule has 1 aliphatic carbocycles. The van der Waals surface area contributed by atoms with Crippen molar-refractivity contribution in [2.75, 3.05) is 12.4 Å². The molecule has 1 fully saturated rings. The Morgan fingerprint density at radius 3 is 2.68 bits per heavy atom. The minimum Gasteiger partial charge on any atom is -0.379 e. The van der Waals surface area contributed by atoms with Crippen LogP contribution >= 0.6 is 23.4 Å². The van der Waals surface area contributed by atoms with E-state index >= 15 is 0 Å². The van der Waals surface area contributed by atoms with Crippen LogP contribution in [0.3, 0.4) is 0 Å². The zero-order valence-electron chi connectivity index (χ0n) is 14.2. The molecule has 1 amide bonds. The third-order valence-electron chi connectivity index (χ3n) is 4.07. The van der Waals surface area contributed by atoms with Crippen LogP contribution in [-0.2, 0) is 0 Å². The first kappa shape index (κ1) is 20.4. The minimum atomic E-state index is -3.30. The Hall–Kier alpha value is -2.33. The molecule has 1 unspecified atom stereocenters. The minimum absolute atomic E-state index is 0.0344. The van der Waals surface area contributed by atoms with E-state index < -0.39 is 40.2 Å². The Bertz CT molecular complexity index is 955. The summed E-state index contributed by atoms with van der Waals surface area (Å²) in [5.41, 5.74) is 4.69. The Labute approximate surface area is 166 Å². The molecule has 0 radical (unpaired) electrons. The number of halogens is 5. The predicted octanol–water partition coefficient (Wildman–Crippen LogP) is 4.04. The number of carbonyl (C=O) groups excluding carboxylic acids is 1. The average Bonchev–Trinajstić information content (AvgIpc) is 3.18. The third kappa shape index (κ3) is 3.93. The summed E-state index contributed by atoms with van der Waals surface area (Å²) < 4.78 is 56.4. The molecule has 2 atom stereocenters. The fraction of sp³-hybridized carbons (Fsp3) is 0.235. The highest BCUT2D eigenvalue weighted by Crippen LogP contribution is 2.62. The largest absolute Gasteiger partial charge is 0.379 e. The van der Waals surface area contributed by atoms with Gasteiger partial charge in [-0.15, -0.1) is 0 Å². The van der Waals surface area contributed by atoms with Gasteiger partial charge < -0.3 is 11.1 Å². The second kappa shape index (κ2) is 7.59. The molecule has 3 N–H and O–H groups in total. The molecule has 0 saturated heterocycles. The van der Waals surface area contributed by atoms with Crippen LogP contribution < -0.4 is 11.1 Å². The number of nitrogens with two attached hydrogens (primary N) is 1. The molecule has 0 bridgehead atoms. The number of thioether (sulfide) groups is 1. The number of carbonyl (C=O) groups is 1. The fourth-order valence-corrected chi connectivity index (χ4v) is 3.78. The zero-order valence-corrected chi connectivity index (χ0v) is 15.8. The van der Waals surface area contributed by atoms with E-state index in [9.17, 15) is 22.4 Å². The van der Waals surface area contributed by atoms with Crippen LogP contribution in [0.5, 0.6) is 0 Å². The van der Waals surface area contributed by atoms with Crippen LogP contribution in [0.2, 0.25) is 5.02 Å². The number of nitrogens with zero attached hydrogens (tertiary/aromatic N) is 2. The summed E-state index contributed by atoms with van der Waals surface area (Å²) in [5, 5.41) is 1.15. The second-order valence-corrected chi connectivity index (χ2v) is 7.53. The standard InChI is InChI=1S/C17H13ClF4N4OS/c1-24-16(23)28-14-12(17(14,21)22)9-4-8(5-10(19)13(9)20)26-15(27)11-3-2-7(18)6-25-11/h2-6,12,14H,1H3,(H2,23,24)(H,26,27)/t12?,14-/m1/s1. The molecule has 11 heteroatoms. The van der Waals surface area contributed by atoms with Crippen molar-refractivity contribution in [3.05, 3.63) is 58.4 Å². The van der Waals surface area contributed by atoms with E-state index in [2.05, 4.69) is 15.3 Å². The molecular weight excluding hydrogens is 420 g/mol. The van der Waals surface area contributed by atoms with Crippen LogP contribution in [0.15, 0.2) is 35.5 Å². The van der Waals surface area contributed by atoms with Crippen molar-refractivity contribution in [3.8, 4) is 0 Å². The van der Waals surface area contributed by atoms with Gasteiger partial charge in [0.15, 0.2) is 16.8 Å². The van der Waals surface area contributed by atoms with Gasteiger partial charge in [-0.2, -0.15) is 0 Å². The Kier molecular flexibility index (Phi) is 5.53. The molecule has 1 aromatic carbocycles. The lowest BCUT2D eigenvalue weighted by Gasteiger charge is -2.09. The first-order chi connectivity index (χ1) is 13.1. The van der Waals surface area contributed by atoms with Crippen molar-refractivity contribution in [1.82, 2.24) is 4.98 Å². The third-order valence-corrected chi connectivity index (χ3v) is 5.55. The number of aliphatic imine (C=N–C) groups is 1. The van der Waals surface area contributed by atoms with Gasteiger partial charge in [-0.25, -0.2) is 22.5 Å². The van der Waals surface area contributed by atoms with E-state index in [0.29, 0.717) is 22.9 Å². The van der Waals surface area contributed by atoms with Gasteiger partial charge in [-0.05, 0) is 18.2 Å². The van der Waals surface area contributed by atoms with Crippen LogP contribution in [-0.4, -0.2) is 34.3 Å². The number of nitrogens with one attached hydrogen (secondary N) is 1. The number of pyridine rings is 1. The highest BCUT2D eigenvalue weighted by Gasteiger charge is 2.70. The summed E-state index contributed by atoms with van der Waals surface area (Å²) in [4.78, 5) is 19.6. The highest BCUT2D eigenvalue weighted by atomic mass is 35.5. The van der Waals surface area contributed by atoms with E-state index in [1.165, 1.54) is 25.4 Å². The molecule has 1 saturated carbocycles. The van der Waals surface area contributed by atoms with Crippen molar-refractivity contribution in [2.24, 2.45) is 10.7 Å². The summed E-state index contributed by atoms with van der Waals surface area (Å²) in [6.45, 7) is 0. The molecular formula is C17H13ClF4N4OS. The van der Waals surface area contributed by atoms with Gasteiger partial charge in [0.05, 0.1) is 16.2 Å². The van der Waals surface area contributed by atoms with E-state index in [4.69, 9.17) is 17.3 Å². The number of aromatic nitrogens is 1. The maximum Gasteiger partial charge on any atom is 0.274 e. The molecule has 3 rings (SSSR count). The first-order valence-electron chi connectivity index (χ1n) is 7.83. The van der Waals surface area contributed by atoms with Gasteiger partial charge in [-0.3, -0.25) is 9.79 Å². The van der Waals surface area contributed by atoms with E-state index in [0.717, 1.165) is 6.07 Å². The fourth-order valence-electron chi connectivity index (χ4n) is 2.61. The molecule has 148 valence electrons. The van der Waals surface area contributed by atoms with Crippen molar-refractivity contribution < 1.29 is 22.4 Å². The van der Waals surface area contributed by atoms with Crippen molar-refractivity contribution in [3.63, 3.8) is 0 Å². The molecule has 0 aliphatic heterocycles. The van der Waals surface area contributed by atoms with E-state index in [1.54, 1.807) is 0 Å². The lowest BCUT2D eigenvalue weighted by molar-refractivity contribution is 0.102. The number of amidine groups is 1. The van der Waals surface area contributed by atoms with Gasteiger partial charge in [0.2, 0.25) is 0 Å². The van der Waals surface area contributed by atoms with E-state index in [1.807, 2.05) is 0 Å². The summed E-state index contributed by atoms with van der Waals surface area (Å²) in [6, 6.07) is 4.43. The van der Waals surface area contributed by atoms with Crippen LogP contribution in [0.1, 0.15) is 22.0 Å². The maximum atomic E-state index is 14.2. The molecule has 1 aromatic heterocycles. The van der Waals surface area contributed by atoms with Gasteiger partial charge >= 0.3 is 0 Å². The van der Waals surface area contributed by atoms with Crippen LogP contribution in [0, 0.1) is 11.6 Å². The van der Waals surface area contributed by atoms with Crippen molar-refractivity contribution in [2.45, 2.75) is 17.1 Å². The molecule has 28 heavy (non-hydrogen) atoms. The lowest BCUT2D eigenvalue weighted by Crippen LogP contribution is -2.14. The Balaban J connectivity index is 1.87. The lowest BCUT2D eigenvalue weighted by atomic mass is 10.1. The van der Waals surface area contributed by atoms with Gasteiger partial charge in [0.25, 0.3) is 11.8 Å². The predicted molar refractivity (Wildman–Crippen MR) is 100 cm³/mol. The monoisotopic (exact) mass is 432 g/mol. The Morgan fingerprint density at radius 1 is 1.36 bits per heavy atom. The number of benzene rings is 1. The van der Waals surface area contributed by atoms with Gasteiger partial charge in [0, 0.05) is 30.6 Å². The highest BCUT2D eigenvalue weighted by molar-refractivity contribution is 8.14. The quantitative estimate of drug-likeness (QED) is 0.434. The van der Waals surface area contributed by atoms with Gasteiger partial charge in [-0.1, -0.05) is 23.4 Å². The number of rotatable bonds is 4. The van der Waals surface area contributed by atoms with Gasteiger partial charge in [0.1, 0.15) is 5.69 Å². The van der Waals surface area contributed by atoms with E-state index in [-0.39, 0.29) is 16.5 Å². The molecule has 0 spiro atoms. The number of alkyl halides is 2. The number of hydrogen-bond donors (Lipinski definition) is 2. The number of hydrogen-bond acceptors (Lipinski definition) is 4. The molecule has 1 aliphatic rings. The Morgan fingerprint density at radius 2 is 2.07 bits per heavy atom. The number of amides is 1. The van der Waals surface area contributed by atoms with Crippen LogP contribution in [0.4, 0.5) is 23.2 Å². The first-order valence-corrected chi connectivity index (χ1v) is 9.09. The van der Waals surface area contributed by atoms with Crippen LogP contribution in [0.25, 0.3) is 0 Å². The topological polar surface area (TPSA) is 80.4 Å². The summed E-state index contributed by atoms with van der Waals surface area (Å²) >= 11 is 6.28. The zero-order chi connectivity index (χ0) is 20.6. The summed E-state index contributed by atoms with van der Waals surface area (Å²) in [6.07, 6.45) is 1.24. The average molecular weight is 433 g/mol. The molecule has 1 heterocycles. The van der Waals surface area contributed by atoms with Crippen molar-refractivity contribution >= 4 is 40.1 Å². The molecule has 5 nitrogen and oxygen atoms in total. The normalized spacial score (nSPS) is 20.7. The number of anilines is 1. The maximum absolute atomic E-state index is 14.2. The molecule has 2 aromatic rings.